The van der Waals surface area contributed by atoms with Crippen LogP contribution in [0.4, 0.5) is 0 Å². The lowest BCUT2D eigenvalue weighted by molar-refractivity contribution is -0.125. The standard InChI is InChI=1S/C15H17ClN4O3.ClH/c16-11-3-1-10(2-4-11)14-19-13(23-20-14)5-6-18-15(21)12-9-22-8-7-17-12;/h1-4,12,17H,5-9H2,(H,18,21);1H. The average molecular weight is 373 g/mol. The van der Waals surface area contributed by atoms with Gasteiger partial charge in [0.15, 0.2) is 0 Å². The van der Waals surface area contributed by atoms with Crippen molar-refractivity contribution < 1.29 is 14.1 Å². The van der Waals surface area contributed by atoms with E-state index in [1.165, 1.54) is 0 Å². The first-order valence-corrected chi connectivity index (χ1v) is 7.77. The Bertz CT molecular complexity index is 657. The molecule has 0 bridgehead atoms. The lowest BCUT2D eigenvalue weighted by Crippen LogP contribution is -2.51. The number of aromatic nitrogens is 2. The fourth-order valence-electron chi connectivity index (χ4n) is 2.22. The van der Waals surface area contributed by atoms with Crippen LogP contribution < -0.4 is 10.6 Å². The molecule has 7 nitrogen and oxygen atoms in total. The van der Waals surface area contributed by atoms with Crippen molar-refractivity contribution in [2.45, 2.75) is 12.5 Å². The maximum absolute atomic E-state index is 11.9. The van der Waals surface area contributed by atoms with Crippen molar-refractivity contribution in [1.82, 2.24) is 20.8 Å². The zero-order valence-electron chi connectivity index (χ0n) is 12.8. The van der Waals surface area contributed by atoms with Crippen molar-refractivity contribution in [3.05, 3.63) is 35.2 Å². The molecule has 1 aliphatic rings. The van der Waals surface area contributed by atoms with Gasteiger partial charge < -0.3 is 19.9 Å². The Balaban J connectivity index is 0.00000208. The van der Waals surface area contributed by atoms with Gasteiger partial charge in [-0.15, -0.1) is 12.4 Å². The van der Waals surface area contributed by atoms with Gasteiger partial charge in [0.05, 0.1) is 13.2 Å². The summed E-state index contributed by atoms with van der Waals surface area (Å²) in [5, 5.41) is 10.5. The summed E-state index contributed by atoms with van der Waals surface area (Å²) >= 11 is 5.85. The van der Waals surface area contributed by atoms with Crippen molar-refractivity contribution >= 4 is 29.9 Å². The van der Waals surface area contributed by atoms with Gasteiger partial charge in [-0.1, -0.05) is 16.8 Å². The first kappa shape index (κ1) is 18.7. The van der Waals surface area contributed by atoms with Crippen molar-refractivity contribution in [2.75, 3.05) is 26.3 Å². The van der Waals surface area contributed by atoms with Crippen molar-refractivity contribution in [2.24, 2.45) is 0 Å². The summed E-state index contributed by atoms with van der Waals surface area (Å²) in [6, 6.07) is 6.90. The van der Waals surface area contributed by atoms with E-state index in [9.17, 15) is 4.79 Å². The SMILES string of the molecule is Cl.O=C(NCCc1nc(-c2ccc(Cl)cc2)no1)C1COCCN1. The minimum absolute atomic E-state index is 0. The summed E-state index contributed by atoms with van der Waals surface area (Å²) in [5.41, 5.74) is 0.831. The first-order valence-electron chi connectivity index (χ1n) is 7.40. The maximum Gasteiger partial charge on any atom is 0.239 e. The first-order chi connectivity index (χ1) is 11.2. The Morgan fingerprint density at radius 2 is 2.17 bits per heavy atom. The van der Waals surface area contributed by atoms with Gasteiger partial charge in [-0.3, -0.25) is 4.79 Å². The smallest absolute Gasteiger partial charge is 0.239 e. The maximum atomic E-state index is 11.9. The zero-order chi connectivity index (χ0) is 16.1. The number of rotatable bonds is 5. The molecular formula is C15H18Cl2N4O3. The van der Waals surface area contributed by atoms with Crippen molar-refractivity contribution in [3.8, 4) is 11.4 Å². The quantitative estimate of drug-likeness (QED) is 0.825. The average Bonchev–Trinajstić information content (AvgIpc) is 3.05. The molecule has 0 radical (unpaired) electrons. The second-order valence-electron chi connectivity index (χ2n) is 5.14. The minimum atomic E-state index is -0.295. The molecule has 1 fully saturated rings. The largest absolute Gasteiger partial charge is 0.378 e. The molecule has 1 amide bonds. The van der Waals surface area contributed by atoms with E-state index in [1.54, 1.807) is 12.1 Å². The third kappa shape index (κ3) is 4.91. The lowest BCUT2D eigenvalue weighted by Gasteiger charge is -2.22. The molecule has 1 saturated heterocycles. The Morgan fingerprint density at radius 3 is 2.88 bits per heavy atom. The topological polar surface area (TPSA) is 89.3 Å². The van der Waals surface area contributed by atoms with Gasteiger partial charge in [0.1, 0.15) is 6.04 Å². The summed E-state index contributed by atoms with van der Waals surface area (Å²) < 4.78 is 10.4. The predicted molar refractivity (Wildman–Crippen MR) is 91.3 cm³/mol. The van der Waals surface area contributed by atoms with Crippen LogP contribution in [0, 0.1) is 0 Å². The highest BCUT2D eigenvalue weighted by Gasteiger charge is 2.20. The molecule has 2 heterocycles. The van der Waals surface area contributed by atoms with E-state index < -0.39 is 0 Å². The van der Waals surface area contributed by atoms with Gasteiger partial charge in [0, 0.05) is 30.1 Å². The van der Waals surface area contributed by atoms with Crippen LogP contribution in [0.15, 0.2) is 28.8 Å². The molecule has 1 aromatic heterocycles. The van der Waals surface area contributed by atoms with Gasteiger partial charge >= 0.3 is 0 Å². The molecule has 0 saturated carbocycles. The Hall–Kier alpha value is -1.67. The van der Waals surface area contributed by atoms with Crippen LogP contribution in [0.25, 0.3) is 11.4 Å². The number of carbonyl (C=O) groups excluding carboxylic acids is 1. The number of hydrogen-bond acceptors (Lipinski definition) is 6. The van der Waals surface area contributed by atoms with Gasteiger partial charge in [0.2, 0.25) is 17.6 Å². The Kier molecular flexibility index (Phi) is 6.99. The molecule has 2 aromatic rings. The van der Waals surface area contributed by atoms with Crippen LogP contribution in [0.1, 0.15) is 5.89 Å². The Labute approximate surface area is 150 Å². The molecule has 2 N–H and O–H groups in total. The number of halogens is 2. The molecule has 24 heavy (non-hydrogen) atoms. The number of amides is 1. The van der Waals surface area contributed by atoms with Gasteiger partial charge in [-0.05, 0) is 24.3 Å². The molecule has 3 rings (SSSR count). The van der Waals surface area contributed by atoms with Crippen LogP contribution in [-0.2, 0) is 16.0 Å². The van der Waals surface area contributed by atoms with Gasteiger partial charge in [-0.25, -0.2) is 0 Å². The summed E-state index contributed by atoms with van der Waals surface area (Å²) in [6.07, 6.45) is 0.472. The number of nitrogens with zero attached hydrogens (tertiary/aromatic N) is 2. The summed E-state index contributed by atoms with van der Waals surface area (Å²) in [6.45, 7) is 2.15. The second-order valence-corrected chi connectivity index (χ2v) is 5.58. The van der Waals surface area contributed by atoms with Crippen LogP contribution >= 0.6 is 24.0 Å². The number of carbonyl (C=O) groups is 1. The van der Waals surface area contributed by atoms with E-state index in [1.807, 2.05) is 12.1 Å². The van der Waals surface area contributed by atoms with E-state index in [-0.39, 0.29) is 24.4 Å². The van der Waals surface area contributed by atoms with E-state index >= 15 is 0 Å². The highest BCUT2D eigenvalue weighted by atomic mass is 35.5. The predicted octanol–water partition coefficient (Wildman–Crippen LogP) is 1.46. The fraction of sp³-hybridized carbons (Fsp3) is 0.400. The molecule has 9 heteroatoms. The van der Waals surface area contributed by atoms with E-state index in [4.69, 9.17) is 20.9 Å². The molecular weight excluding hydrogens is 355 g/mol. The summed E-state index contributed by atoms with van der Waals surface area (Å²) in [4.78, 5) is 16.2. The van der Waals surface area contributed by atoms with Gasteiger partial charge in [0.25, 0.3) is 0 Å². The van der Waals surface area contributed by atoms with Crippen molar-refractivity contribution in [3.63, 3.8) is 0 Å². The fourth-order valence-corrected chi connectivity index (χ4v) is 2.35. The molecule has 1 unspecified atom stereocenters. The van der Waals surface area contributed by atoms with E-state index in [0.717, 1.165) is 5.56 Å². The molecule has 1 aliphatic heterocycles. The number of benzene rings is 1. The molecule has 1 aromatic carbocycles. The van der Waals surface area contributed by atoms with Gasteiger partial charge in [-0.2, -0.15) is 4.98 Å². The minimum Gasteiger partial charge on any atom is -0.378 e. The van der Waals surface area contributed by atoms with Crippen molar-refractivity contribution in [1.29, 1.82) is 0 Å². The zero-order valence-corrected chi connectivity index (χ0v) is 14.4. The molecule has 0 aliphatic carbocycles. The molecule has 130 valence electrons. The third-order valence-electron chi connectivity index (χ3n) is 3.45. The summed E-state index contributed by atoms with van der Waals surface area (Å²) in [5.74, 6) is 0.899. The highest BCUT2D eigenvalue weighted by molar-refractivity contribution is 6.30. The second kappa shape index (κ2) is 8.98. The third-order valence-corrected chi connectivity index (χ3v) is 3.70. The highest BCUT2D eigenvalue weighted by Crippen LogP contribution is 2.18. The molecule has 1 atom stereocenters. The normalized spacial score (nSPS) is 17.1. The Morgan fingerprint density at radius 1 is 1.38 bits per heavy atom. The molecule has 0 spiro atoms. The monoisotopic (exact) mass is 372 g/mol. The van der Waals surface area contributed by atoms with Crippen LogP contribution in [0.3, 0.4) is 0 Å². The number of ether oxygens (including phenoxy) is 1. The van der Waals surface area contributed by atoms with Crippen LogP contribution in [0.5, 0.6) is 0 Å². The summed E-state index contributed by atoms with van der Waals surface area (Å²) in [7, 11) is 0. The lowest BCUT2D eigenvalue weighted by atomic mass is 10.2. The van der Waals surface area contributed by atoms with Crippen LogP contribution in [-0.4, -0.2) is 48.4 Å². The number of morpholine rings is 1. The van der Waals surface area contributed by atoms with E-state index in [0.29, 0.717) is 49.5 Å². The van der Waals surface area contributed by atoms with E-state index in [2.05, 4.69) is 20.8 Å². The van der Waals surface area contributed by atoms with Crippen LogP contribution in [0.2, 0.25) is 5.02 Å². The number of hydrogen-bond donors (Lipinski definition) is 2. The number of nitrogens with one attached hydrogen (secondary N) is 2.